The van der Waals surface area contributed by atoms with Crippen molar-refractivity contribution >= 4 is 27.6 Å². The highest BCUT2D eigenvalue weighted by molar-refractivity contribution is 7.89. The van der Waals surface area contributed by atoms with Gasteiger partial charge in [-0.2, -0.15) is 4.31 Å². The molecule has 2 N–H and O–H groups in total. The number of hydrogen-bond donors (Lipinski definition) is 2. The van der Waals surface area contributed by atoms with Crippen LogP contribution in [0.4, 0.5) is 5.69 Å². The molecule has 23 heavy (non-hydrogen) atoms. The second-order valence-corrected chi connectivity index (χ2v) is 7.45. The van der Waals surface area contributed by atoms with Crippen LogP contribution in [-0.2, 0) is 19.6 Å². The highest BCUT2D eigenvalue weighted by Gasteiger charge is 2.32. The zero-order valence-corrected chi connectivity index (χ0v) is 13.0. The van der Waals surface area contributed by atoms with Crippen LogP contribution in [0.2, 0.25) is 0 Å². The van der Waals surface area contributed by atoms with Gasteiger partial charge in [0.15, 0.2) is 6.61 Å². The number of carboxylic acid groups (broad SMARTS) is 1. The number of carbonyl (C=O) groups is 2. The van der Waals surface area contributed by atoms with Gasteiger partial charge >= 0.3 is 5.97 Å². The number of piperidine rings is 1. The number of aliphatic carboxylic acids is 1. The quantitative estimate of drug-likeness (QED) is 0.828. The van der Waals surface area contributed by atoms with E-state index >= 15 is 0 Å². The fourth-order valence-electron chi connectivity index (χ4n) is 2.71. The second-order valence-electron chi connectivity index (χ2n) is 5.51. The van der Waals surface area contributed by atoms with Gasteiger partial charge in [-0.1, -0.05) is 0 Å². The van der Waals surface area contributed by atoms with Crippen LogP contribution in [0.5, 0.6) is 5.75 Å². The van der Waals surface area contributed by atoms with Crippen molar-refractivity contribution in [1.29, 1.82) is 0 Å². The molecule has 0 spiro atoms. The first kappa shape index (κ1) is 15.8. The number of carboxylic acids is 1. The molecule has 1 saturated heterocycles. The number of hydrogen-bond acceptors (Lipinski definition) is 5. The fourth-order valence-corrected chi connectivity index (χ4v) is 4.21. The summed E-state index contributed by atoms with van der Waals surface area (Å²) in [6, 6.07) is 4.30. The number of nitrogens with zero attached hydrogens (tertiary/aromatic N) is 1. The molecule has 0 unspecified atom stereocenters. The Morgan fingerprint density at radius 1 is 1.30 bits per heavy atom. The molecule has 2 aliphatic rings. The maximum absolute atomic E-state index is 12.7. The van der Waals surface area contributed by atoms with Gasteiger partial charge in [0.05, 0.1) is 16.5 Å². The number of ether oxygens (including phenoxy) is 1. The van der Waals surface area contributed by atoms with E-state index in [1.165, 1.54) is 22.5 Å². The minimum atomic E-state index is -3.73. The van der Waals surface area contributed by atoms with Gasteiger partial charge in [0, 0.05) is 13.1 Å². The summed E-state index contributed by atoms with van der Waals surface area (Å²) < 4.78 is 31.8. The third kappa shape index (κ3) is 3.02. The maximum atomic E-state index is 12.7. The van der Waals surface area contributed by atoms with Crippen molar-refractivity contribution in [2.75, 3.05) is 25.0 Å². The first-order valence-corrected chi connectivity index (χ1v) is 8.61. The summed E-state index contributed by atoms with van der Waals surface area (Å²) in [6.45, 7) is 0.236. The van der Waals surface area contributed by atoms with Crippen LogP contribution in [0.15, 0.2) is 23.1 Å². The number of fused-ring (bicyclic) bond motifs is 1. The number of benzene rings is 1. The van der Waals surface area contributed by atoms with E-state index in [9.17, 15) is 18.0 Å². The van der Waals surface area contributed by atoms with Crippen molar-refractivity contribution in [2.24, 2.45) is 5.92 Å². The van der Waals surface area contributed by atoms with E-state index in [2.05, 4.69) is 5.32 Å². The summed E-state index contributed by atoms with van der Waals surface area (Å²) >= 11 is 0. The molecule has 2 aliphatic heterocycles. The van der Waals surface area contributed by atoms with Crippen molar-refractivity contribution in [2.45, 2.75) is 17.7 Å². The first-order valence-electron chi connectivity index (χ1n) is 7.17. The summed E-state index contributed by atoms with van der Waals surface area (Å²) in [5, 5.41) is 11.6. The third-order valence-corrected chi connectivity index (χ3v) is 5.92. The number of anilines is 1. The molecule has 1 aromatic rings. The van der Waals surface area contributed by atoms with Crippen LogP contribution >= 0.6 is 0 Å². The van der Waals surface area contributed by atoms with Gasteiger partial charge < -0.3 is 15.2 Å². The van der Waals surface area contributed by atoms with Crippen molar-refractivity contribution < 1.29 is 27.9 Å². The smallest absolute Gasteiger partial charge is 0.306 e. The lowest BCUT2D eigenvalue weighted by atomic mass is 9.99. The molecule has 0 radical (unpaired) electrons. The topological polar surface area (TPSA) is 113 Å². The van der Waals surface area contributed by atoms with Gasteiger partial charge in [0.25, 0.3) is 5.91 Å². The molecule has 124 valence electrons. The number of nitrogens with one attached hydrogen (secondary N) is 1. The van der Waals surface area contributed by atoms with E-state index in [0.29, 0.717) is 24.3 Å². The summed E-state index contributed by atoms with van der Waals surface area (Å²) in [7, 11) is -3.73. The molecule has 2 heterocycles. The lowest BCUT2D eigenvalue weighted by Crippen LogP contribution is -2.40. The molecule has 9 heteroatoms. The van der Waals surface area contributed by atoms with Crippen LogP contribution in [-0.4, -0.2) is 49.4 Å². The summed E-state index contributed by atoms with van der Waals surface area (Å²) in [4.78, 5) is 22.3. The monoisotopic (exact) mass is 340 g/mol. The van der Waals surface area contributed by atoms with Gasteiger partial charge in [-0.3, -0.25) is 9.59 Å². The molecule has 0 atom stereocenters. The van der Waals surface area contributed by atoms with E-state index in [1.54, 1.807) is 0 Å². The molecule has 0 bridgehead atoms. The summed E-state index contributed by atoms with van der Waals surface area (Å²) in [5.74, 6) is -1.31. The Balaban J connectivity index is 1.82. The molecular weight excluding hydrogens is 324 g/mol. The summed E-state index contributed by atoms with van der Waals surface area (Å²) in [6.07, 6.45) is 0.582. The van der Waals surface area contributed by atoms with Crippen molar-refractivity contribution in [1.82, 2.24) is 4.31 Å². The zero-order valence-electron chi connectivity index (χ0n) is 12.2. The lowest BCUT2D eigenvalue weighted by Gasteiger charge is -2.29. The average Bonchev–Trinajstić information content (AvgIpc) is 2.54. The predicted molar refractivity (Wildman–Crippen MR) is 79.7 cm³/mol. The van der Waals surface area contributed by atoms with Crippen LogP contribution in [0.3, 0.4) is 0 Å². The van der Waals surface area contributed by atoms with Crippen LogP contribution < -0.4 is 10.1 Å². The standard InChI is InChI=1S/C14H16N2O6S/c17-13-8-22-12-2-1-10(7-11(12)15-13)23(20,21)16-5-3-9(4-6-16)14(18)19/h1-2,7,9H,3-6,8H2,(H,15,17)(H,18,19). The SMILES string of the molecule is O=C1COc2ccc(S(=O)(=O)N3CCC(C(=O)O)CC3)cc2N1. The van der Waals surface area contributed by atoms with Crippen molar-refractivity contribution in [3.63, 3.8) is 0 Å². The van der Waals surface area contributed by atoms with E-state index in [-0.39, 0.29) is 30.5 Å². The lowest BCUT2D eigenvalue weighted by molar-refractivity contribution is -0.142. The number of rotatable bonds is 3. The van der Waals surface area contributed by atoms with Crippen molar-refractivity contribution in [3.05, 3.63) is 18.2 Å². The Morgan fingerprint density at radius 3 is 2.65 bits per heavy atom. The van der Waals surface area contributed by atoms with Crippen molar-refractivity contribution in [3.8, 4) is 5.75 Å². The predicted octanol–water partition coefficient (Wildman–Crippen LogP) is 0.503. The number of amides is 1. The second kappa shape index (κ2) is 5.82. The minimum absolute atomic E-state index is 0.0517. The molecular formula is C14H16N2O6S. The van der Waals surface area contributed by atoms with Gasteiger partial charge in [0.1, 0.15) is 5.75 Å². The van der Waals surface area contributed by atoms with Crippen LogP contribution in [0, 0.1) is 5.92 Å². The molecule has 0 aromatic heterocycles. The molecule has 3 rings (SSSR count). The Labute approximate surface area is 133 Å². The first-order chi connectivity index (χ1) is 10.9. The molecule has 0 saturated carbocycles. The maximum Gasteiger partial charge on any atom is 0.306 e. The van der Waals surface area contributed by atoms with Crippen LogP contribution in [0.1, 0.15) is 12.8 Å². The molecule has 8 nitrogen and oxygen atoms in total. The van der Waals surface area contributed by atoms with Gasteiger partial charge in [-0.15, -0.1) is 0 Å². The third-order valence-electron chi connectivity index (χ3n) is 4.02. The van der Waals surface area contributed by atoms with Gasteiger partial charge in [-0.05, 0) is 31.0 Å². The normalized spacial score (nSPS) is 19.6. The number of carbonyl (C=O) groups excluding carboxylic acids is 1. The highest BCUT2D eigenvalue weighted by Crippen LogP contribution is 2.32. The van der Waals surface area contributed by atoms with E-state index in [4.69, 9.17) is 9.84 Å². The average molecular weight is 340 g/mol. The fraction of sp³-hybridized carbons (Fsp3) is 0.429. The van der Waals surface area contributed by atoms with Crippen LogP contribution in [0.25, 0.3) is 0 Å². The molecule has 0 aliphatic carbocycles. The molecule has 1 fully saturated rings. The van der Waals surface area contributed by atoms with E-state index in [0.717, 1.165) is 0 Å². The Morgan fingerprint density at radius 2 is 2.00 bits per heavy atom. The molecule has 1 amide bonds. The Kier molecular flexibility index (Phi) is 3.99. The van der Waals surface area contributed by atoms with Gasteiger partial charge in [-0.25, -0.2) is 8.42 Å². The zero-order chi connectivity index (χ0) is 16.6. The Bertz CT molecular complexity index is 753. The molecule has 1 aromatic carbocycles. The summed E-state index contributed by atoms with van der Waals surface area (Å²) in [5.41, 5.74) is 0.322. The Hall–Kier alpha value is -2.13. The van der Waals surface area contributed by atoms with E-state index < -0.39 is 21.9 Å². The highest BCUT2D eigenvalue weighted by atomic mass is 32.2. The number of sulfonamides is 1. The van der Waals surface area contributed by atoms with E-state index in [1.807, 2.05) is 0 Å². The largest absolute Gasteiger partial charge is 0.482 e. The minimum Gasteiger partial charge on any atom is -0.482 e. The van der Waals surface area contributed by atoms with Gasteiger partial charge in [0.2, 0.25) is 10.0 Å².